The van der Waals surface area contributed by atoms with Crippen molar-refractivity contribution in [3.05, 3.63) is 0 Å². The van der Waals surface area contributed by atoms with Crippen molar-refractivity contribution >= 4 is 36.4 Å². The molecule has 0 radical (unpaired) electrons. The van der Waals surface area contributed by atoms with Crippen molar-refractivity contribution in [2.75, 3.05) is 19.7 Å². The van der Waals surface area contributed by atoms with Crippen LogP contribution >= 0.6 is 0 Å². The van der Waals surface area contributed by atoms with Gasteiger partial charge in [-0.25, -0.2) is 24.0 Å². The second kappa shape index (κ2) is 26.0. The lowest BCUT2D eigenvalue weighted by atomic mass is 9.80. The van der Waals surface area contributed by atoms with Gasteiger partial charge in [0.25, 0.3) is 0 Å². The molecule has 12 N–H and O–H groups in total. The molecule has 0 aromatic rings. The highest BCUT2D eigenvalue weighted by molar-refractivity contribution is 5.81. The number of ether oxygens (including phenoxy) is 9. The number of amides is 6. The minimum Gasteiger partial charge on any atom is -0.444 e. The van der Waals surface area contributed by atoms with E-state index in [-0.39, 0.29) is 25.9 Å². The first-order chi connectivity index (χ1) is 33.8. The van der Waals surface area contributed by atoms with Gasteiger partial charge in [-0.15, -0.1) is 0 Å². The summed E-state index contributed by atoms with van der Waals surface area (Å²) in [6.07, 6.45) is -24.9. The zero-order valence-electron chi connectivity index (χ0n) is 45.2. The molecule has 15 atom stereocenters. The predicted molar refractivity (Wildman–Crippen MR) is 258 cm³/mol. The lowest BCUT2D eigenvalue weighted by Gasteiger charge is -2.51. The fraction of sp³-hybridized carbons (Fsp3) is 0.872. The minimum absolute atomic E-state index is 0.0956. The van der Waals surface area contributed by atoms with Gasteiger partial charge in [-0.05, 0) is 123 Å². The molecule has 3 aliphatic rings. The van der Waals surface area contributed by atoms with Crippen molar-refractivity contribution in [3.63, 3.8) is 0 Å². The van der Waals surface area contributed by atoms with Crippen LogP contribution in [0.4, 0.5) is 24.0 Å². The van der Waals surface area contributed by atoms with Crippen LogP contribution in [0.1, 0.15) is 123 Å². The Labute approximate surface area is 432 Å². The minimum atomic E-state index is -2.17. The highest BCUT2D eigenvalue weighted by Gasteiger charge is 2.57. The third-order valence-electron chi connectivity index (χ3n) is 10.7. The van der Waals surface area contributed by atoms with Crippen LogP contribution in [0, 0.1) is 0 Å². The zero-order chi connectivity index (χ0) is 56.5. The number of aliphatic hydroxyl groups excluding tert-OH is 6. The van der Waals surface area contributed by atoms with Gasteiger partial charge in [0.1, 0.15) is 70.7 Å². The van der Waals surface area contributed by atoms with E-state index in [1.807, 2.05) is 0 Å². The standard InChI is InChI=1S/C47H84N6O21/c1-43(2,3)70-38(61)48-19-18-24(55)35(60)51-27-30(57)28(53-42(65)74-47(13,14)15)34(32(59)33(27)69-37-31(58)26(29(56)25(21-54)67-37)52-41(64)73-46(10,11)12)68-36-23(50-40(63)72-45(7,8)9)17-16-22(66-36)20-49-39(62)71-44(4,5)6/h22-34,36-37,54-59H,16-21H2,1-15H3,(H,48,61)(H,49,62)(H,50,63)(H,51,60)(H,52,64)(H,53,65)/t22?,23?,24-,25?,26-,27+,28+,29+,30?,31?,32?,33-,34?,36+,37+/m0/s1. The first-order valence-corrected chi connectivity index (χ1v) is 24.6. The van der Waals surface area contributed by atoms with E-state index in [4.69, 9.17) is 42.6 Å². The molecule has 2 saturated heterocycles. The predicted octanol–water partition coefficient (Wildman–Crippen LogP) is 0.401. The zero-order valence-corrected chi connectivity index (χ0v) is 45.2. The molecule has 428 valence electrons. The van der Waals surface area contributed by atoms with E-state index in [1.165, 1.54) is 0 Å². The number of carbonyl (C=O) groups is 6. The highest BCUT2D eigenvalue weighted by atomic mass is 16.7. The highest BCUT2D eigenvalue weighted by Crippen LogP contribution is 2.34. The maximum atomic E-state index is 13.9. The van der Waals surface area contributed by atoms with Crippen molar-refractivity contribution in [1.29, 1.82) is 0 Å². The first-order valence-electron chi connectivity index (χ1n) is 24.6. The molecule has 3 rings (SSSR count). The molecule has 1 saturated carbocycles. The van der Waals surface area contributed by atoms with Gasteiger partial charge >= 0.3 is 30.5 Å². The number of carbonyl (C=O) groups excluding carboxylic acids is 6. The van der Waals surface area contributed by atoms with E-state index in [2.05, 4.69) is 31.9 Å². The Kier molecular flexibility index (Phi) is 22.4. The van der Waals surface area contributed by atoms with Crippen LogP contribution in [0.5, 0.6) is 0 Å². The average Bonchev–Trinajstić information content (AvgIpc) is 3.21. The summed E-state index contributed by atoms with van der Waals surface area (Å²) in [6.45, 7) is 22.7. The topological polar surface area (TPSA) is 379 Å². The Morgan fingerprint density at radius 3 is 1.43 bits per heavy atom. The summed E-state index contributed by atoms with van der Waals surface area (Å²) in [5.74, 6) is -1.20. The van der Waals surface area contributed by atoms with E-state index in [0.29, 0.717) is 0 Å². The normalized spacial score (nSPS) is 30.3. The van der Waals surface area contributed by atoms with Gasteiger partial charge in [0, 0.05) is 13.1 Å². The molecule has 2 aliphatic heterocycles. The molecule has 27 nitrogen and oxygen atoms in total. The average molecular weight is 1070 g/mol. The smallest absolute Gasteiger partial charge is 0.408 e. The van der Waals surface area contributed by atoms with Crippen LogP contribution in [-0.2, 0) is 47.4 Å². The van der Waals surface area contributed by atoms with E-state index >= 15 is 0 Å². The van der Waals surface area contributed by atoms with E-state index in [0.717, 1.165) is 0 Å². The second-order valence-electron chi connectivity index (χ2n) is 23.3. The summed E-state index contributed by atoms with van der Waals surface area (Å²) in [5.41, 5.74) is -4.86. The molecule has 27 heteroatoms. The van der Waals surface area contributed by atoms with E-state index in [9.17, 15) is 59.4 Å². The third kappa shape index (κ3) is 21.2. The van der Waals surface area contributed by atoms with Crippen molar-refractivity contribution in [2.24, 2.45) is 0 Å². The number of nitrogens with one attached hydrogen (secondary N) is 6. The Bertz CT molecular complexity index is 1880. The molecule has 7 unspecified atom stereocenters. The summed E-state index contributed by atoms with van der Waals surface area (Å²) in [6, 6.07) is -6.50. The lowest BCUT2D eigenvalue weighted by molar-refractivity contribution is -0.322. The summed E-state index contributed by atoms with van der Waals surface area (Å²) in [7, 11) is 0. The number of hydrogen-bond donors (Lipinski definition) is 12. The Balaban J connectivity index is 2.17. The van der Waals surface area contributed by atoms with Gasteiger partial charge in [0.15, 0.2) is 12.6 Å². The van der Waals surface area contributed by atoms with Gasteiger partial charge < -0.3 is 105 Å². The van der Waals surface area contributed by atoms with E-state index in [1.54, 1.807) is 104 Å². The maximum Gasteiger partial charge on any atom is 0.408 e. The Hall–Kier alpha value is -4.58. The quantitative estimate of drug-likeness (QED) is 0.0988. The molecule has 0 aromatic heterocycles. The van der Waals surface area contributed by atoms with Gasteiger partial charge in [-0.1, -0.05) is 0 Å². The number of hydrogen-bond acceptors (Lipinski definition) is 21. The van der Waals surface area contributed by atoms with Crippen LogP contribution in [0.3, 0.4) is 0 Å². The van der Waals surface area contributed by atoms with Crippen LogP contribution < -0.4 is 31.9 Å². The van der Waals surface area contributed by atoms with Crippen molar-refractivity contribution in [2.45, 2.75) is 243 Å². The lowest BCUT2D eigenvalue weighted by Crippen LogP contribution is -2.75. The van der Waals surface area contributed by atoms with Crippen LogP contribution in [0.15, 0.2) is 0 Å². The molecule has 1 aliphatic carbocycles. The molecular formula is C47H84N6O21. The maximum absolute atomic E-state index is 13.9. The largest absolute Gasteiger partial charge is 0.444 e. The van der Waals surface area contributed by atoms with Crippen LogP contribution in [-0.4, -0.2) is 206 Å². The van der Waals surface area contributed by atoms with Crippen molar-refractivity contribution < 1.29 is 102 Å². The van der Waals surface area contributed by atoms with Gasteiger partial charge in [0.2, 0.25) is 5.91 Å². The van der Waals surface area contributed by atoms with Gasteiger partial charge in [-0.2, -0.15) is 0 Å². The molecule has 74 heavy (non-hydrogen) atoms. The van der Waals surface area contributed by atoms with E-state index < -0.39 is 169 Å². The Morgan fingerprint density at radius 1 is 0.514 bits per heavy atom. The van der Waals surface area contributed by atoms with Crippen LogP contribution in [0.2, 0.25) is 0 Å². The monoisotopic (exact) mass is 1070 g/mol. The summed E-state index contributed by atoms with van der Waals surface area (Å²) in [5, 5.41) is 84.2. The fourth-order valence-electron chi connectivity index (χ4n) is 7.71. The Morgan fingerprint density at radius 2 is 0.946 bits per heavy atom. The molecule has 0 spiro atoms. The summed E-state index contributed by atoms with van der Waals surface area (Å²) < 4.78 is 51.7. The number of aliphatic hydroxyl groups is 6. The van der Waals surface area contributed by atoms with Gasteiger partial charge in [-0.3, -0.25) is 4.79 Å². The van der Waals surface area contributed by atoms with Crippen LogP contribution in [0.25, 0.3) is 0 Å². The fourth-order valence-corrected chi connectivity index (χ4v) is 7.71. The number of alkyl carbamates (subject to hydrolysis) is 5. The van der Waals surface area contributed by atoms with Crippen molar-refractivity contribution in [1.82, 2.24) is 31.9 Å². The summed E-state index contributed by atoms with van der Waals surface area (Å²) in [4.78, 5) is 78.7. The number of rotatable bonds is 15. The van der Waals surface area contributed by atoms with Crippen molar-refractivity contribution in [3.8, 4) is 0 Å². The second-order valence-corrected chi connectivity index (χ2v) is 23.3. The molecule has 3 fully saturated rings. The molecule has 0 aromatic carbocycles. The molecule has 0 bridgehead atoms. The first kappa shape index (κ1) is 63.7. The molecular weight excluding hydrogens is 985 g/mol. The molecule has 6 amide bonds. The summed E-state index contributed by atoms with van der Waals surface area (Å²) >= 11 is 0. The molecule has 2 heterocycles. The third-order valence-corrected chi connectivity index (χ3v) is 10.7. The van der Waals surface area contributed by atoms with Gasteiger partial charge in [0.05, 0.1) is 43.0 Å². The SMILES string of the molecule is CC(C)(C)OC(=O)NCC[C@H](O)C(=O)N[C@@H]1C(O)[C@@H](NC(=O)OC(C)(C)C)C(O[C@H]2OC(CNC(=O)OC(C)(C)C)CCC2NC(=O)OC(C)(C)C)C(O)[C@H]1O[C@H]1OC(CO)[C@@H](O)[C@H](NC(=O)OC(C)(C)C)C1O.